The highest BCUT2D eigenvalue weighted by Crippen LogP contribution is 2.18. The van der Waals surface area contributed by atoms with Crippen molar-refractivity contribution in [3.8, 4) is 0 Å². The van der Waals surface area contributed by atoms with E-state index in [9.17, 15) is 9.59 Å². The van der Waals surface area contributed by atoms with E-state index in [4.69, 9.17) is 5.11 Å². The van der Waals surface area contributed by atoms with Crippen LogP contribution in [0.25, 0.3) is 0 Å². The number of amides is 1. The molecule has 1 aliphatic rings. The van der Waals surface area contributed by atoms with E-state index < -0.39 is 5.97 Å². The maximum Gasteiger partial charge on any atom is 0.317 e. The van der Waals surface area contributed by atoms with Gasteiger partial charge in [-0.25, -0.2) is 0 Å². The van der Waals surface area contributed by atoms with Crippen molar-refractivity contribution in [1.82, 2.24) is 9.80 Å². The number of likely N-dealkylation sites (tertiary alicyclic amines) is 1. The number of hydrogen-bond acceptors (Lipinski definition) is 3. The molecule has 1 aromatic rings. The molecule has 1 heterocycles. The van der Waals surface area contributed by atoms with Crippen LogP contribution in [0.3, 0.4) is 0 Å². The second-order valence-electron chi connectivity index (χ2n) is 6.68. The van der Waals surface area contributed by atoms with Gasteiger partial charge in [0.2, 0.25) is 5.91 Å². The Hall–Kier alpha value is -1.88. The summed E-state index contributed by atoms with van der Waals surface area (Å²) in [7, 11) is 0. The zero-order valence-electron chi connectivity index (χ0n) is 14.9. The summed E-state index contributed by atoms with van der Waals surface area (Å²) in [6, 6.07) is 6.48. The van der Waals surface area contributed by atoms with Crippen molar-refractivity contribution in [3.63, 3.8) is 0 Å². The third kappa shape index (κ3) is 4.81. The summed E-state index contributed by atoms with van der Waals surface area (Å²) in [5.41, 5.74) is 3.43. The Bertz CT molecular complexity index is 592. The van der Waals surface area contributed by atoms with Gasteiger partial charge in [0, 0.05) is 19.1 Å². The number of hydrogen-bond donors (Lipinski definition) is 1. The summed E-state index contributed by atoms with van der Waals surface area (Å²) in [5, 5.41) is 8.99. The molecule has 0 radical (unpaired) electrons. The lowest BCUT2D eigenvalue weighted by Crippen LogP contribution is -2.48. The van der Waals surface area contributed by atoms with Crippen LogP contribution in [0.4, 0.5) is 0 Å². The summed E-state index contributed by atoms with van der Waals surface area (Å²) in [6.45, 7) is 8.31. The third-order valence-corrected chi connectivity index (χ3v) is 4.92. The van der Waals surface area contributed by atoms with Gasteiger partial charge in [-0.05, 0) is 44.4 Å². The number of carbonyl (C=O) groups excluding carboxylic acids is 1. The minimum atomic E-state index is -0.787. The first-order valence-electron chi connectivity index (χ1n) is 8.70. The molecule has 2 rings (SSSR count). The van der Waals surface area contributed by atoms with Crippen LogP contribution in [0, 0.1) is 13.8 Å². The average Bonchev–Trinajstić information content (AvgIpc) is 2.56. The number of carboxylic acids is 1. The topological polar surface area (TPSA) is 60.9 Å². The fourth-order valence-electron chi connectivity index (χ4n) is 3.42. The molecule has 1 aromatic carbocycles. The number of aliphatic carboxylic acids is 1. The van der Waals surface area contributed by atoms with Gasteiger partial charge >= 0.3 is 5.97 Å². The van der Waals surface area contributed by atoms with Crippen molar-refractivity contribution in [1.29, 1.82) is 0 Å². The minimum Gasteiger partial charge on any atom is -0.480 e. The van der Waals surface area contributed by atoms with E-state index in [1.54, 1.807) is 0 Å². The van der Waals surface area contributed by atoms with Crippen LogP contribution in [0.2, 0.25) is 0 Å². The predicted molar refractivity (Wildman–Crippen MR) is 94.1 cm³/mol. The molecule has 132 valence electrons. The predicted octanol–water partition coefficient (Wildman–Crippen LogP) is 2.24. The molecule has 0 aromatic heterocycles. The van der Waals surface area contributed by atoms with Gasteiger partial charge in [0.15, 0.2) is 0 Å². The van der Waals surface area contributed by atoms with Crippen LogP contribution in [-0.2, 0) is 16.0 Å². The van der Waals surface area contributed by atoms with Crippen molar-refractivity contribution in [2.45, 2.75) is 46.1 Å². The zero-order chi connectivity index (χ0) is 17.7. The number of nitrogens with zero attached hydrogens (tertiary/aromatic N) is 2. The van der Waals surface area contributed by atoms with E-state index in [0.29, 0.717) is 19.5 Å². The minimum absolute atomic E-state index is 0.0810. The maximum atomic E-state index is 12.6. The third-order valence-electron chi connectivity index (χ3n) is 4.92. The Balaban J connectivity index is 1.90. The van der Waals surface area contributed by atoms with Crippen molar-refractivity contribution in [2.24, 2.45) is 0 Å². The number of piperidine rings is 1. The summed E-state index contributed by atoms with van der Waals surface area (Å²) in [6.07, 6.45) is 2.14. The van der Waals surface area contributed by atoms with Gasteiger partial charge in [0.25, 0.3) is 0 Å². The normalized spacial score (nSPS) is 15.8. The van der Waals surface area contributed by atoms with Crippen molar-refractivity contribution < 1.29 is 14.7 Å². The molecule has 0 unspecified atom stereocenters. The Morgan fingerprint density at radius 2 is 1.92 bits per heavy atom. The van der Waals surface area contributed by atoms with Crippen LogP contribution in [0.15, 0.2) is 18.2 Å². The molecule has 1 saturated heterocycles. The number of carboxylic acid groups (broad SMARTS) is 1. The highest BCUT2D eigenvalue weighted by Gasteiger charge is 2.27. The molecule has 5 heteroatoms. The summed E-state index contributed by atoms with van der Waals surface area (Å²) >= 11 is 0. The smallest absolute Gasteiger partial charge is 0.317 e. The molecule has 0 atom stereocenters. The molecule has 1 amide bonds. The van der Waals surface area contributed by atoms with Gasteiger partial charge in [-0.2, -0.15) is 0 Å². The standard InChI is InChI=1S/C19H28N2O3/c1-4-20(13-19(23)24)17-7-9-21(10-8-17)18(22)12-16-11-14(2)5-6-15(16)3/h5-6,11,17H,4,7-10,12-13H2,1-3H3,(H,23,24). The Kier molecular flexibility index (Phi) is 6.37. The van der Waals surface area contributed by atoms with Crippen LogP contribution < -0.4 is 0 Å². The number of likely N-dealkylation sites (N-methyl/N-ethyl adjacent to an activating group) is 1. The molecular weight excluding hydrogens is 304 g/mol. The van der Waals surface area contributed by atoms with Gasteiger partial charge in [-0.3, -0.25) is 14.5 Å². The summed E-state index contributed by atoms with van der Waals surface area (Å²) in [5.74, 6) is -0.617. The molecule has 0 saturated carbocycles. The Morgan fingerprint density at radius 3 is 2.50 bits per heavy atom. The van der Waals surface area contributed by atoms with Crippen molar-refractivity contribution in [3.05, 3.63) is 34.9 Å². The fourth-order valence-corrected chi connectivity index (χ4v) is 3.42. The first-order valence-corrected chi connectivity index (χ1v) is 8.70. The van der Waals surface area contributed by atoms with Crippen LogP contribution in [-0.4, -0.2) is 59.0 Å². The number of carbonyl (C=O) groups is 2. The van der Waals surface area contributed by atoms with Crippen LogP contribution in [0.5, 0.6) is 0 Å². The van der Waals surface area contributed by atoms with Gasteiger partial charge in [0.05, 0.1) is 13.0 Å². The van der Waals surface area contributed by atoms with Gasteiger partial charge in [0.1, 0.15) is 0 Å². The van der Waals surface area contributed by atoms with E-state index in [1.807, 2.05) is 30.6 Å². The lowest BCUT2D eigenvalue weighted by atomic mass is 10.00. The second kappa shape index (κ2) is 8.29. The molecule has 1 N–H and O–H groups in total. The molecule has 1 aliphatic heterocycles. The monoisotopic (exact) mass is 332 g/mol. The van der Waals surface area contributed by atoms with E-state index in [1.165, 1.54) is 5.56 Å². The highest BCUT2D eigenvalue weighted by atomic mass is 16.4. The molecular formula is C19H28N2O3. The molecule has 5 nitrogen and oxygen atoms in total. The van der Waals surface area contributed by atoms with E-state index in [-0.39, 0.29) is 18.5 Å². The van der Waals surface area contributed by atoms with Crippen LogP contribution >= 0.6 is 0 Å². The lowest BCUT2D eigenvalue weighted by Gasteiger charge is -2.37. The van der Waals surface area contributed by atoms with Gasteiger partial charge in [-0.1, -0.05) is 30.7 Å². The van der Waals surface area contributed by atoms with E-state index in [0.717, 1.165) is 30.5 Å². The SMILES string of the molecule is CCN(CC(=O)O)C1CCN(C(=O)Cc2cc(C)ccc2C)CC1. The van der Waals surface area contributed by atoms with Crippen molar-refractivity contribution >= 4 is 11.9 Å². The maximum absolute atomic E-state index is 12.6. The first kappa shape index (κ1) is 18.5. The zero-order valence-corrected chi connectivity index (χ0v) is 14.9. The molecule has 0 spiro atoms. The van der Waals surface area contributed by atoms with Crippen LogP contribution in [0.1, 0.15) is 36.5 Å². The molecule has 24 heavy (non-hydrogen) atoms. The van der Waals surface area contributed by atoms with E-state index >= 15 is 0 Å². The molecule has 0 bridgehead atoms. The molecule has 1 fully saturated rings. The molecule has 0 aliphatic carbocycles. The van der Waals surface area contributed by atoms with E-state index in [2.05, 4.69) is 18.2 Å². The largest absolute Gasteiger partial charge is 0.480 e. The summed E-state index contributed by atoms with van der Waals surface area (Å²) < 4.78 is 0. The summed E-state index contributed by atoms with van der Waals surface area (Å²) in [4.78, 5) is 27.4. The first-order chi connectivity index (χ1) is 11.4. The average molecular weight is 332 g/mol. The van der Waals surface area contributed by atoms with Gasteiger partial charge in [-0.15, -0.1) is 0 Å². The second-order valence-corrected chi connectivity index (χ2v) is 6.68. The lowest BCUT2D eigenvalue weighted by molar-refractivity contribution is -0.140. The fraction of sp³-hybridized carbons (Fsp3) is 0.579. The van der Waals surface area contributed by atoms with Gasteiger partial charge < -0.3 is 10.0 Å². The highest BCUT2D eigenvalue weighted by molar-refractivity contribution is 5.79. The van der Waals surface area contributed by atoms with Crippen molar-refractivity contribution in [2.75, 3.05) is 26.2 Å². The number of rotatable bonds is 6. The quantitative estimate of drug-likeness (QED) is 0.868. The Morgan fingerprint density at radius 1 is 1.25 bits per heavy atom. The number of aryl methyl sites for hydroxylation is 2. The number of benzene rings is 1. The Labute approximate surface area is 144 Å².